The Hall–Kier alpha value is -0.350. The van der Waals surface area contributed by atoms with E-state index in [1.54, 1.807) is 7.11 Å². The molecule has 0 spiro atoms. The molecule has 0 aliphatic heterocycles. The molecule has 4 heteroatoms. The van der Waals surface area contributed by atoms with Crippen LogP contribution in [-0.4, -0.2) is 16.9 Å². The summed E-state index contributed by atoms with van der Waals surface area (Å²) >= 11 is 3.42. The average Bonchev–Trinajstić information content (AvgIpc) is 2.34. The summed E-state index contributed by atoms with van der Waals surface area (Å²) in [4.78, 5) is 0. The van der Waals surface area contributed by atoms with Crippen LogP contribution in [0.5, 0.6) is 0 Å². The topological polar surface area (TPSA) is 27.1 Å². The van der Waals surface area contributed by atoms with Crippen LogP contribution in [0.25, 0.3) is 0 Å². The maximum Gasteiger partial charge on any atom is 0.102 e. The zero-order chi connectivity index (χ0) is 8.97. The lowest BCUT2D eigenvalue weighted by Gasteiger charge is -1.95. The Morgan fingerprint density at radius 3 is 3.00 bits per heavy atom. The Morgan fingerprint density at radius 1 is 1.67 bits per heavy atom. The lowest BCUT2D eigenvalue weighted by molar-refractivity contribution is 0.180. The van der Waals surface area contributed by atoms with Crippen molar-refractivity contribution in [3.8, 4) is 0 Å². The van der Waals surface area contributed by atoms with E-state index in [2.05, 4.69) is 28.0 Å². The largest absolute Gasteiger partial charge is 0.378 e. The highest BCUT2D eigenvalue weighted by Gasteiger charge is 2.04. The van der Waals surface area contributed by atoms with E-state index >= 15 is 0 Å². The Morgan fingerprint density at radius 2 is 2.42 bits per heavy atom. The van der Waals surface area contributed by atoms with Gasteiger partial charge in [0.15, 0.2) is 0 Å². The molecule has 0 N–H and O–H groups in total. The molecule has 12 heavy (non-hydrogen) atoms. The molecular weight excluding hydrogens is 220 g/mol. The number of aryl methyl sites for hydroxylation is 1. The minimum absolute atomic E-state index is 0.567. The van der Waals surface area contributed by atoms with Gasteiger partial charge in [-0.25, -0.2) is 0 Å². The molecule has 1 aromatic heterocycles. The lowest BCUT2D eigenvalue weighted by Crippen LogP contribution is -1.98. The van der Waals surface area contributed by atoms with Gasteiger partial charge in [-0.1, -0.05) is 6.92 Å². The van der Waals surface area contributed by atoms with Crippen molar-refractivity contribution in [3.63, 3.8) is 0 Å². The second kappa shape index (κ2) is 4.62. The molecule has 0 saturated carbocycles. The van der Waals surface area contributed by atoms with Gasteiger partial charge in [0.1, 0.15) is 5.69 Å². The summed E-state index contributed by atoms with van der Waals surface area (Å²) in [6.45, 7) is 3.66. The van der Waals surface area contributed by atoms with Crippen LogP contribution < -0.4 is 0 Å². The fraction of sp³-hybridized carbons (Fsp3) is 0.625. The molecule has 1 aromatic rings. The number of halogens is 1. The average molecular weight is 233 g/mol. The second-order valence-corrected chi connectivity index (χ2v) is 3.47. The van der Waals surface area contributed by atoms with Crippen LogP contribution in [0.1, 0.15) is 19.0 Å². The van der Waals surface area contributed by atoms with Gasteiger partial charge in [0.25, 0.3) is 0 Å². The van der Waals surface area contributed by atoms with Gasteiger partial charge in [0.05, 0.1) is 11.1 Å². The Kier molecular flexibility index (Phi) is 3.75. The van der Waals surface area contributed by atoms with E-state index < -0.39 is 0 Å². The third-order valence-electron chi connectivity index (χ3n) is 1.52. The molecule has 1 heterocycles. The Labute approximate surface area is 80.8 Å². The SMILES string of the molecule is CCCn1cc(Br)c(COC)n1. The summed E-state index contributed by atoms with van der Waals surface area (Å²) in [6, 6.07) is 0. The third-order valence-corrected chi connectivity index (χ3v) is 2.18. The van der Waals surface area contributed by atoms with E-state index in [-0.39, 0.29) is 0 Å². The molecule has 0 radical (unpaired) electrons. The molecule has 0 bridgehead atoms. The van der Waals surface area contributed by atoms with Crippen molar-refractivity contribution in [2.75, 3.05) is 7.11 Å². The number of aromatic nitrogens is 2. The van der Waals surface area contributed by atoms with E-state index in [1.807, 2.05) is 10.9 Å². The highest BCUT2D eigenvalue weighted by Crippen LogP contribution is 2.15. The zero-order valence-corrected chi connectivity index (χ0v) is 8.97. The second-order valence-electron chi connectivity index (χ2n) is 2.62. The Bertz CT molecular complexity index is 247. The molecule has 0 amide bonds. The van der Waals surface area contributed by atoms with E-state index in [0.29, 0.717) is 6.61 Å². The molecule has 0 atom stereocenters. The van der Waals surface area contributed by atoms with E-state index in [0.717, 1.165) is 23.1 Å². The highest BCUT2D eigenvalue weighted by atomic mass is 79.9. The molecule has 0 aliphatic carbocycles. The first-order valence-corrected chi connectivity index (χ1v) is 4.78. The monoisotopic (exact) mass is 232 g/mol. The molecule has 68 valence electrons. The molecule has 0 unspecified atom stereocenters. The number of nitrogens with zero attached hydrogens (tertiary/aromatic N) is 2. The first-order chi connectivity index (χ1) is 5.77. The van der Waals surface area contributed by atoms with Crippen molar-refractivity contribution in [2.45, 2.75) is 26.5 Å². The normalized spacial score (nSPS) is 10.6. The van der Waals surface area contributed by atoms with Gasteiger partial charge < -0.3 is 4.74 Å². The summed E-state index contributed by atoms with van der Waals surface area (Å²) in [6.07, 6.45) is 3.08. The summed E-state index contributed by atoms with van der Waals surface area (Å²) in [5, 5.41) is 4.33. The quantitative estimate of drug-likeness (QED) is 0.797. The van der Waals surface area contributed by atoms with Gasteiger partial charge in [0, 0.05) is 19.9 Å². The van der Waals surface area contributed by atoms with Gasteiger partial charge >= 0.3 is 0 Å². The first kappa shape index (κ1) is 9.74. The maximum absolute atomic E-state index is 4.99. The van der Waals surface area contributed by atoms with Gasteiger partial charge in [-0.2, -0.15) is 5.10 Å². The van der Waals surface area contributed by atoms with E-state index in [1.165, 1.54) is 0 Å². The van der Waals surface area contributed by atoms with Crippen LogP contribution in [0.4, 0.5) is 0 Å². The van der Waals surface area contributed by atoms with Crippen molar-refractivity contribution < 1.29 is 4.74 Å². The van der Waals surface area contributed by atoms with Crippen molar-refractivity contribution in [1.29, 1.82) is 0 Å². The fourth-order valence-electron chi connectivity index (χ4n) is 1.02. The maximum atomic E-state index is 4.99. The van der Waals surface area contributed by atoms with Crippen LogP contribution in [0.3, 0.4) is 0 Å². The highest BCUT2D eigenvalue weighted by molar-refractivity contribution is 9.10. The Balaban J connectivity index is 2.70. The number of hydrogen-bond donors (Lipinski definition) is 0. The minimum Gasteiger partial charge on any atom is -0.378 e. The van der Waals surface area contributed by atoms with Gasteiger partial charge in [0.2, 0.25) is 0 Å². The molecule has 1 rings (SSSR count). The van der Waals surface area contributed by atoms with Crippen LogP contribution >= 0.6 is 15.9 Å². The van der Waals surface area contributed by atoms with Crippen molar-refractivity contribution >= 4 is 15.9 Å². The van der Waals surface area contributed by atoms with Gasteiger partial charge in [-0.3, -0.25) is 4.68 Å². The number of hydrogen-bond acceptors (Lipinski definition) is 2. The van der Waals surface area contributed by atoms with E-state index in [9.17, 15) is 0 Å². The van der Waals surface area contributed by atoms with Crippen LogP contribution in [0, 0.1) is 0 Å². The molecule has 0 aliphatic rings. The molecule has 3 nitrogen and oxygen atoms in total. The van der Waals surface area contributed by atoms with Crippen LogP contribution in [0.15, 0.2) is 10.7 Å². The van der Waals surface area contributed by atoms with Crippen molar-refractivity contribution in [2.24, 2.45) is 0 Å². The predicted molar refractivity (Wildman–Crippen MR) is 50.9 cm³/mol. The number of ether oxygens (including phenoxy) is 1. The van der Waals surface area contributed by atoms with Crippen LogP contribution in [-0.2, 0) is 17.9 Å². The van der Waals surface area contributed by atoms with Crippen molar-refractivity contribution in [1.82, 2.24) is 9.78 Å². The predicted octanol–water partition coefficient (Wildman–Crippen LogP) is 2.20. The van der Waals surface area contributed by atoms with Crippen molar-refractivity contribution in [3.05, 3.63) is 16.4 Å². The minimum atomic E-state index is 0.567. The molecule has 0 fully saturated rings. The van der Waals surface area contributed by atoms with E-state index in [4.69, 9.17) is 4.74 Å². The van der Waals surface area contributed by atoms with Gasteiger partial charge in [-0.15, -0.1) is 0 Å². The van der Waals surface area contributed by atoms with Crippen LogP contribution in [0.2, 0.25) is 0 Å². The number of methoxy groups -OCH3 is 1. The third kappa shape index (κ3) is 2.32. The standard InChI is InChI=1S/C8H13BrN2O/c1-3-4-11-5-7(9)8(10-11)6-12-2/h5H,3-4,6H2,1-2H3. The molecule has 0 saturated heterocycles. The smallest absolute Gasteiger partial charge is 0.102 e. The van der Waals surface area contributed by atoms with Gasteiger partial charge in [-0.05, 0) is 22.4 Å². The summed E-state index contributed by atoms with van der Waals surface area (Å²) in [7, 11) is 1.67. The summed E-state index contributed by atoms with van der Waals surface area (Å²) in [5.74, 6) is 0. The fourth-order valence-corrected chi connectivity index (χ4v) is 1.45. The zero-order valence-electron chi connectivity index (χ0n) is 7.38. The summed E-state index contributed by atoms with van der Waals surface area (Å²) < 4.78 is 7.95. The number of rotatable bonds is 4. The molecule has 0 aromatic carbocycles. The lowest BCUT2D eigenvalue weighted by atomic mass is 10.5. The molecular formula is C8H13BrN2O. The first-order valence-electron chi connectivity index (χ1n) is 3.98. The summed E-state index contributed by atoms with van der Waals surface area (Å²) in [5.41, 5.74) is 0.964.